The highest BCUT2D eigenvalue weighted by Gasteiger charge is 2.13. The Morgan fingerprint density at radius 1 is 1.04 bits per heavy atom. The number of carboxylic acid groups (broad SMARTS) is 1. The van der Waals surface area contributed by atoms with Crippen molar-refractivity contribution in [1.29, 1.82) is 0 Å². The quantitative estimate of drug-likeness (QED) is 0.915. The second kappa shape index (κ2) is 7.47. The molecule has 1 aliphatic rings. The molecule has 0 amide bonds. The molecule has 1 heterocycles. The lowest BCUT2D eigenvalue weighted by Crippen LogP contribution is -2.43. The molecule has 5 heteroatoms. The fourth-order valence-electron chi connectivity index (χ4n) is 2.76. The van der Waals surface area contributed by atoms with Gasteiger partial charge >= 0.3 is 5.97 Å². The summed E-state index contributed by atoms with van der Waals surface area (Å²) < 4.78 is 5.74. The third kappa shape index (κ3) is 4.34. The molecule has 24 heavy (non-hydrogen) atoms. The van der Waals surface area contributed by atoms with Crippen molar-refractivity contribution in [2.75, 3.05) is 33.2 Å². The fraction of sp³-hybridized carbons (Fsp3) is 0.316. The van der Waals surface area contributed by atoms with Gasteiger partial charge in [0.2, 0.25) is 0 Å². The Labute approximate surface area is 142 Å². The normalized spacial score (nSPS) is 16.0. The van der Waals surface area contributed by atoms with Crippen LogP contribution in [0, 0.1) is 0 Å². The number of aromatic carboxylic acids is 1. The van der Waals surface area contributed by atoms with Crippen molar-refractivity contribution in [3.8, 4) is 11.5 Å². The van der Waals surface area contributed by atoms with Crippen LogP contribution in [0.5, 0.6) is 11.5 Å². The molecular weight excluding hydrogens is 304 g/mol. The lowest BCUT2D eigenvalue weighted by Gasteiger charge is -2.32. The van der Waals surface area contributed by atoms with Gasteiger partial charge < -0.3 is 14.7 Å². The van der Waals surface area contributed by atoms with Gasteiger partial charge in [0.1, 0.15) is 11.5 Å². The van der Waals surface area contributed by atoms with Gasteiger partial charge in [-0.25, -0.2) is 4.79 Å². The van der Waals surface area contributed by atoms with E-state index in [-0.39, 0.29) is 5.56 Å². The Kier molecular flexibility index (Phi) is 5.13. The topological polar surface area (TPSA) is 53.0 Å². The number of benzene rings is 2. The van der Waals surface area contributed by atoms with Gasteiger partial charge in [0, 0.05) is 32.7 Å². The Balaban J connectivity index is 1.60. The highest BCUT2D eigenvalue weighted by molar-refractivity contribution is 5.88. The zero-order valence-electron chi connectivity index (χ0n) is 13.8. The zero-order chi connectivity index (χ0) is 16.9. The van der Waals surface area contributed by atoms with Gasteiger partial charge in [-0.3, -0.25) is 4.90 Å². The number of rotatable bonds is 5. The molecular formula is C19H22N2O3. The first-order valence-electron chi connectivity index (χ1n) is 8.11. The third-order valence-electron chi connectivity index (χ3n) is 4.24. The molecule has 1 N–H and O–H groups in total. The summed E-state index contributed by atoms with van der Waals surface area (Å²) in [6.45, 7) is 5.36. The van der Waals surface area contributed by atoms with Crippen molar-refractivity contribution >= 4 is 5.97 Å². The van der Waals surface area contributed by atoms with Crippen LogP contribution in [-0.4, -0.2) is 54.1 Å². The minimum absolute atomic E-state index is 0.221. The van der Waals surface area contributed by atoms with Crippen LogP contribution in [-0.2, 0) is 6.54 Å². The number of carboxylic acids is 1. The van der Waals surface area contributed by atoms with E-state index in [9.17, 15) is 4.79 Å². The molecule has 0 atom stereocenters. The minimum atomic E-state index is -0.956. The van der Waals surface area contributed by atoms with E-state index in [4.69, 9.17) is 9.84 Å². The molecule has 1 fully saturated rings. The van der Waals surface area contributed by atoms with E-state index >= 15 is 0 Å². The number of hydrogen-bond acceptors (Lipinski definition) is 4. The number of nitrogens with zero attached hydrogens (tertiary/aromatic N) is 2. The Hall–Kier alpha value is -2.37. The van der Waals surface area contributed by atoms with E-state index in [1.807, 2.05) is 12.1 Å². The third-order valence-corrected chi connectivity index (χ3v) is 4.24. The molecule has 0 bridgehead atoms. The van der Waals surface area contributed by atoms with Crippen LogP contribution in [0.2, 0.25) is 0 Å². The average molecular weight is 326 g/mol. The highest BCUT2D eigenvalue weighted by atomic mass is 16.5. The van der Waals surface area contributed by atoms with E-state index in [2.05, 4.69) is 29.0 Å². The van der Waals surface area contributed by atoms with Crippen molar-refractivity contribution in [2.24, 2.45) is 0 Å². The minimum Gasteiger partial charge on any atom is -0.478 e. The second-order valence-electron chi connectivity index (χ2n) is 6.16. The van der Waals surface area contributed by atoms with Crippen molar-refractivity contribution in [2.45, 2.75) is 6.54 Å². The molecule has 0 radical (unpaired) electrons. The molecule has 1 saturated heterocycles. The van der Waals surface area contributed by atoms with E-state index in [0.29, 0.717) is 11.5 Å². The van der Waals surface area contributed by atoms with Crippen molar-refractivity contribution in [3.05, 3.63) is 59.7 Å². The number of hydrogen-bond donors (Lipinski definition) is 1. The molecule has 5 nitrogen and oxygen atoms in total. The van der Waals surface area contributed by atoms with Gasteiger partial charge in [-0.1, -0.05) is 18.2 Å². The van der Waals surface area contributed by atoms with Crippen LogP contribution in [0.15, 0.2) is 48.5 Å². The van der Waals surface area contributed by atoms with Crippen LogP contribution in [0.25, 0.3) is 0 Å². The first kappa shape index (κ1) is 16.5. The SMILES string of the molecule is CN1CCN(Cc2ccc(Oc3cccc(C(=O)O)c3)cc2)CC1. The number of likely N-dealkylation sites (N-methyl/N-ethyl adjacent to an activating group) is 1. The molecule has 0 unspecified atom stereocenters. The number of carbonyl (C=O) groups is 1. The van der Waals surface area contributed by atoms with E-state index < -0.39 is 5.97 Å². The van der Waals surface area contributed by atoms with Gasteiger partial charge in [0.15, 0.2) is 0 Å². The largest absolute Gasteiger partial charge is 0.478 e. The second-order valence-corrected chi connectivity index (χ2v) is 6.16. The summed E-state index contributed by atoms with van der Waals surface area (Å²) in [7, 11) is 2.16. The molecule has 0 aliphatic carbocycles. The van der Waals surface area contributed by atoms with E-state index in [0.717, 1.165) is 32.7 Å². The molecule has 0 aromatic heterocycles. The fourth-order valence-corrected chi connectivity index (χ4v) is 2.76. The molecule has 3 rings (SSSR count). The smallest absolute Gasteiger partial charge is 0.335 e. The van der Waals surface area contributed by atoms with Gasteiger partial charge in [-0.2, -0.15) is 0 Å². The van der Waals surface area contributed by atoms with Crippen molar-refractivity contribution in [1.82, 2.24) is 9.80 Å². The molecule has 0 saturated carbocycles. The van der Waals surface area contributed by atoms with Gasteiger partial charge in [0.05, 0.1) is 5.56 Å². The Morgan fingerprint density at radius 3 is 2.42 bits per heavy atom. The summed E-state index contributed by atoms with van der Waals surface area (Å²) in [6.07, 6.45) is 0. The monoisotopic (exact) mass is 326 g/mol. The average Bonchev–Trinajstić information content (AvgIpc) is 2.59. The van der Waals surface area contributed by atoms with Crippen LogP contribution in [0.1, 0.15) is 15.9 Å². The van der Waals surface area contributed by atoms with Gasteiger partial charge in [-0.05, 0) is 42.9 Å². The van der Waals surface area contributed by atoms with Crippen LogP contribution in [0.4, 0.5) is 0 Å². The Morgan fingerprint density at radius 2 is 1.75 bits per heavy atom. The lowest BCUT2D eigenvalue weighted by atomic mass is 10.2. The number of piperazine rings is 1. The van der Waals surface area contributed by atoms with Gasteiger partial charge in [-0.15, -0.1) is 0 Å². The zero-order valence-corrected chi connectivity index (χ0v) is 13.8. The summed E-state index contributed by atoms with van der Waals surface area (Å²) >= 11 is 0. The van der Waals surface area contributed by atoms with Crippen LogP contribution in [0.3, 0.4) is 0 Å². The molecule has 2 aromatic carbocycles. The molecule has 2 aromatic rings. The first-order chi connectivity index (χ1) is 11.6. The molecule has 1 aliphatic heterocycles. The molecule has 0 spiro atoms. The standard InChI is InChI=1S/C19H22N2O3/c1-20-9-11-21(12-10-20)14-15-5-7-17(8-6-15)24-18-4-2-3-16(13-18)19(22)23/h2-8,13H,9-12,14H2,1H3,(H,22,23). The van der Waals surface area contributed by atoms with E-state index in [1.54, 1.807) is 18.2 Å². The summed E-state index contributed by atoms with van der Waals surface area (Å²) in [5.74, 6) is 0.282. The summed E-state index contributed by atoms with van der Waals surface area (Å²) in [5, 5.41) is 9.02. The lowest BCUT2D eigenvalue weighted by molar-refractivity contribution is 0.0696. The number of ether oxygens (including phenoxy) is 1. The predicted molar refractivity (Wildman–Crippen MR) is 92.7 cm³/mol. The maximum Gasteiger partial charge on any atom is 0.335 e. The van der Waals surface area contributed by atoms with Crippen molar-refractivity contribution in [3.63, 3.8) is 0 Å². The molecule has 126 valence electrons. The highest BCUT2D eigenvalue weighted by Crippen LogP contribution is 2.23. The summed E-state index contributed by atoms with van der Waals surface area (Å²) in [6, 6.07) is 14.5. The van der Waals surface area contributed by atoms with E-state index in [1.165, 1.54) is 11.6 Å². The summed E-state index contributed by atoms with van der Waals surface area (Å²) in [5.41, 5.74) is 1.48. The predicted octanol–water partition coefficient (Wildman–Crippen LogP) is 2.92. The Bertz CT molecular complexity index is 692. The summed E-state index contributed by atoms with van der Waals surface area (Å²) in [4.78, 5) is 15.8. The maximum absolute atomic E-state index is 11.0. The van der Waals surface area contributed by atoms with Crippen molar-refractivity contribution < 1.29 is 14.6 Å². The maximum atomic E-state index is 11.0. The van der Waals surface area contributed by atoms with Crippen LogP contribution >= 0.6 is 0 Å². The van der Waals surface area contributed by atoms with Crippen LogP contribution < -0.4 is 4.74 Å². The van der Waals surface area contributed by atoms with Gasteiger partial charge in [0.25, 0.3) is 0 Å². The first-order valence-corrected chi connectivity index (χ1v) is 8.11.